The van der Waals surface area contributed by atoms with E-state index in [-0.39, 0.29) is 24.6 Å². The van der Waals surface area contributed by atoms with Crippen LogP contribution in [0, 0.1) is 0 Å². The van der Waals surface area contributed by atoms with Crippen LogP contribution in [0.2, 0.25) is 5.02 Å². The fraction of sp³-hybridized carbons (Fsp3) is 0.500. The number of nitrogens with one attached hydrogen (secondary N) is 1. The highest BCUT2D eigenvalue weighted by Gasteiger charge is 2.28. The van der Waals surface area contributed by atoms with Crippen LogP contribution in [0.25, 0.3) is 11.3 Å². The molecule has 2 aromatic rings. The summed E-state index contributed by atoms with van der Waals surface area (Å²) in [4.78, 5) is 31.0. The fourth-order valence-corrected chi connectivity index (χ4v) is 4.50. The molecule has 0 aliphatic carbocycles. The maximum absolute atomic E-state index is 13.0. The maximum atomic E-state index is 13.0. The number of amides is 3. The highest BCUT2D eigenvalue weighted by atomic mass is 35.5. The number of urea groups is 1. The van der Waals surface area contributed by atoms with Crippen molar-refractivity contribution in [2.75, 3.05) is 57.3 Å². The quantitative estimate of drug-likeness (QED) is 0.647. The molecule has 2 aliphatic rings. The number of piperazine rings is 1. The number of halogens is 1. The number of carbonyl (C=O) groups excluding carboxylic acids is 2. The molecule has 3 heterocycles. The lowest BCUT2D eigenvalue weighted by Crippen LogP contribution is -2.54. The van der Waals surface area contributed by atoms with Crippen molar-refractivity contribution in [3.05, 3.63) is 41.4 Å². The summed E-state index contributed by atoms with van der Waals surface area (Å²) in [6.45, 7) is 6.02. The van der Waals surface area contributed by atoms with Gasteiger partial charge < -0.3 is 24.8 Å². The molecule has 2 aliphatic heterocycles. The third-order valence-corrected chi connectivity index (χ3v) is 6.48. The van der Waals surface area contributed by atoms with E-state index in [1.54, 1.807) is 4.90 Å². The zero-order valence-electron chi connectivity index (χ0n) is 19.5. The molecule has 9 nitrogen and oxygen atoms in total. The highest BCUT2D eigenvalue weighted by molar-refractivity contribution is 6.33. The van der Waals surface area contributed by atoms with Gasteiger partial charge in [0.25, 0.3) is 0 Å². The van der Waals surface area contributed by atoms with E-state index in [0.29, 0.717) is 50.9 Å². The predicted octanol–water partition coefficient (Wildman–Crippen LogP) is 2.66. The summed E-state index contributed by atoms with van der Waals surface area (Å²) in [7, 11) is 0. The minimum absolute atomic E-state index is 0.000401. The molecular weight excluding hydrogens is 456 g/mol. The molecule has 1 N–H and O–H groups in total. The number of carbonyl (C=O) groups is 2. The lowest BCUT2D eigenvalue weighted by atomic mass is 10.1. The van der Waals surface area contributed by atoms with E-state index in [2.05, 4.69) is 20.4 Å². The number of hydrogen-bond acceptors (Lipinski definition) is 6. The van der Waals surface area contributed by atoms with Crippen LogP contribution < -0.4 is 10.2 Å². The first-order valence-electron chi connectivity index (χ1n) is 11.8. The van der Waals surface area contributed by atoms with Crippen molar-refractivity contribution in [2.45, 2.75) is 25.9 Å². The Kier molecular flexibility index (Phi) is 8.18. The summed E-state index contributed by atoms with van der Waals surface area (Å²) in [5.41, 5.74) is 1.57. The second kappa shape index (κ2) is 11.5. The summed E-state index contributed by atoms with van der Waals surface area (Å²) < 4.78 is 5.67. The van der Waals surface area contributed by atoms with Crippen molar-refractivity contribution in [1.29, 1.82) is 0 Å². The van der Waals surface area contributed by atoms with Gasteiger partial charge in [0.15, 0.2) is 5.82 Å². The van der Waals surface area contributed by atoms with Crippen molar-refractivity contribution >= 4 is 29.4 Å². The lowest BCUT2D eigenvalue weighted by molar-refractivity contribution is -0.132. The first-order chi connectivity index (χ1) is 16.5. The van der Waals surface area contributed by atoms with Gasteiger partial charge in [-0.2, -0.15) is 0 Å². The molecule has 34 heavy (non-hydrogen) atoms. The molecule has 0 bridgehead atoms. The van der Waals surface area contributed by atoms with E-state index in [9.17, 15) is 9.59 Å². The van der Waals surface area contributed by atoms with E-state index >= 15 is 0 Å². The number of anilines is 1. The van der Waals surface area contributed by atoms with Crippen molar-refractivity contribution < 1.29 is 14.3 Å². The van der Waals surface area contributed by atoms with Crippen molar-refractivity contribution in [2.24, 2.45) is 0 Å². The molecule has 1 unspecified atom stereocenters. The molecule has 3 amide bonds. The van der Waals surface area contributed by atoms with Gasteiger partial charge in [-0.1, -0.05) is 29.8 Å². The van der Waals surface area contributed by atoms with Gasteiger partial charge in [-0.05, 0) is 38.0 Å². The largest absolute Gasteiger partial charge is 0.376 e. The van der Waals surface area contributed by atoms with Crippen LogP contribution in [0.5, 0.6) is 0 Å². The van der Waals surface area contributed by atoms with E-state index in [1.165, 1.54) is 0 Å². The molecule has 2 saturated heterocycles. The number of hydrogen-bond donors (Lipinski definition) is 1. The van der Waals surface area contributed by atoms with Crippen molar-refractivity contribution in [1.82, 2.24) is 25.3 Å². The zero-order valence-corrected chi connectivity index (χ0v) is 20.2. The number of rotatable bonds is 7. The first kappa shape index (κ1) is 24.2. The minimum Gasteiger partial charge on any atom is -0.376 e. The Morgan fingerprint density at radius 3 is 2.59 bits per heavy atom. The normalized spacial score (nSPS) is 18.1. The van der Waals surface area contributed by atoms with Crippen molar-refractivity contribution in [3.8, 4) is 11.3 Å². The molecule has 2 fully saturated rings. The van der Waals surface area contributed by atoms with Gasteiger partial charge in [0.2, 0.25) is 5.91 Å². The summed E-state index contributed by atoms with van der Waals surface area (Å²) >= 11 is 6.26. The summed E-state index contributed by atoms with van der Waals surface area (Å²) in [5, 5.41) is 12.2. The van der Waals surface area contributed by atoms with E-state index in [0.717, 1.165) is 29.9 Å². The Hall–Kier alpha value is -2.91. The Bertz CT molecular complexity index is 975. The van der Waals surface area contributed by atoms with Crippen LogP contribution >= 0.6 is 11.6 Å². The van der Waals surface area contributed by atoms with Crippen LogP contribution in [0.15, 0.2) is 36.4 Å². The van der Waals surface area contributed by atoms with E-state index in [1.807, 2.05) is 48.2 Å². The van der Waals surface area contributed by atoms with Crippen LogP contribution in [-0.2, 0) is 9.53 Å². The Morgan fingerprint density at radius 1 is 1.15 bits per heavy atom. The molecule has 1 atom stereocenters. The van der Waals surface area contributed by atoms with Gasteiger partial charge >= 0.3 is 6.03 Å². The Labute approximate surface area is 205 Å². The standard InChI is InChI=1S/C24H31ClN6O3/c1-2-26-24(33)31(16-18-6-5-15-34-18)17-23(32)30-13-11-29(12-14-30)22-10-9-21(27-28-22)19-7-3-4-8-20(19)25/h3-4,7-10,18H,2,5-6,11-17H2,1H3,(H,26,33). The Morgan fingerprint density at radius 2 is 1.94 bits per heavy atom. The SMILES string of the molecule is CCNC(=O)N(CC(=O)N1CCN(c2ccc(-c3ccccc3Cl)nn2)CC1)CC1CCCO1. The zero-order chi connectivity index (χ0) is 23.9. The average molecular weight is 487 g/mol. The van der Waals surface area contributed by atoms with Crippen LogP contribution in [0.1, 0.15) is 19.8 Å². The Balaban J connectivity index is 1.32. The second-order valence-electron chi connectivity index (χ2n) is 8.48. The van der Waals surface area contributed by atoms with Crippen LogP contribution in [0.3, 0.4) is 0 Å². The van der Waals surface area contributed by atoms with Crippen molar-refractivity contribution in [3.63, 3.8) is 0 Å². The van der Waals surface area contributed by atoms with Gasteiger partial charge in [0, 0.05) is 51.4 Å². The van der Waals surface area contributed by atoms with Gasteiger partial charge in [-0.25, -0.2) is 4.79 Å². The molecule has 0 spiro atoms. The summed E-state index contributed by atoms with van der Waals surface area (Å²) in [6, 6.07) is 11.2. The second-order valence-corrected chi connectivity index (χ2v) is 8.88. The lowest BCUT2D eigenvalue weighted by Gasteiger charge is -2.36. The first-order valence-corrected chi connectivity index (χ1v) is 12.2. The average Bonchev–Trinajstić information content (AvgIpc) is 3.37. The third-order valence-electron chi connectivity index (χ3n) is 6.15. The van der Waals surface area contributed by atoms with E-state index in [4.69, 9.17) is 16.3 Å². The molecular formula is C24H31ClN6O3. The molecule has 0 radical (unpaired) electrons. The van der Waals surface area contributed by atoms with Gasteiger partial charge in [-0.3, -0.25) is 4.79 Å². The molecule has 1 aromatic carbocycles. The topological polar surface area (TPSA) is 90.9 Å². The summed E-state index contributed by atoms with van der Waals surface area (Å²) in [5.74, 6) is 0.717. The number of ether oxygens (including phenoxy) is 1. The smallest absolute Gasteiger partial charge is 0.317 e. The third kappa shape index (κ3) is 5.95. The monoisotopic (exact) mass is 486 g/mol. The summed E-state index contributed by atoms with van der Waals surface area (Å²) in [6.07, 6.45) is 1.91. The number of nitrogens with zero attached hydrogens (tertiary/aromatic N) is 5. The molecule has 4 rings (SSSR count). The number of benzene rings is 1. The molecule has 182 valence electrons. The van der Waals surface area contributed by atoms with Gasteiger partial charge in [-0.15, -0.1) is 10.2 Å². The van der Waals surface area contributed by atoms with Gasteiger partial charge in [0.05, 0.1) is 16.8 Å². The highest BCUT2D eigenvalue weighted by Crippen LogP contribution is 2.26. The van der Waals surface area contributed by atoms with Crippen LogP contribution in [-0.4, -0.2) is 90.5 Å². The minimum atomic E-state index is -0.223. The molecule has 1 aromatic heterocycles. The predicted molar refractivity (Wildman–Crippen MR) is 131 cm³/mol. The molecule has 0 saturated carbocycles. The maximum Gasteiger partial charge on any atom is 0.317 e. The fourth-order valence-electron chi connectivity index (χ4n) is 4.27. The molecule has 10 heteroatoms. The van der Waals surface area contributed by atoms with E-state index < -0.39 is 0 Å². The van der Waals surface area contributed by atoms with Gasteiger partial charge in [0.1, 0.15) is 6.54 Å². The van der Waals surface area contributed by atoms with Crippen LogP contribution in [0.4, 0.5) is 10.6 Å². The number of aromatic nitrogens is 2.